The highest BCUT2D eigenvalue weighted by molar-refractivity contribution is 7.99. The van der Waals surface area contributed by atoms with Gasteiger partial charge in [-0.3, -0.25) is 9.20 Å². The fourth-order valence-corrected chi connectivity index (χ4v) is 3.67. The number of hydrogen-bond acceptors (Lipinski definition) is 3. The molecule has 0 spiro atoms. The topological polar surface area (TPSA) is 34.4 Å². The molecule has 0 radical (unpaired) electrons. The van der Waals surface area contributed by atoms with Gasteiger partial charge in [-0.15, -0.1) is 0 Å². The third kappa shape index (κ3) is 1.86. The van der Waals surface area contributed by atoms with Crippen LogP contribution >= 0.6 is 11.8 Å². The first kappa shape index (κ1) is 10.8. The van der Waals surface area contributed by atoms with Gasteiger partial charge in [0.1, 0.15) is 5.82 Å². The van der Waals surface area contributed by atoms with E-state index in [9.17, 15) is 4.79 Å². The van der Waals surface area contributed by atoms with Gasteiger partial charge >= 0.3 is 0 Å². The van der Waals surface area contributed by atoms with Gasteiger partial charge in [0.2, 0.25) is 0 Å². The van der Waals surface area contributed by atoms with E-state index in [1.165, 1.54) is 18.6 Å². The molecule has 17 heavy (non-hydrogen) atoms. The summed E-state index contributed by atoms with van der Waals surface area (Å²) < 4.78 is 2.00. The molecule has 88 valence electrons. The van der Waals surface area contributed by atoms with Crippen LogP contribution in [-0.2, 0) is 0 Å². The van der Waals surface area contributed by atoms with E-state index in [2.05, 4.69) is 4.98 Å². The van der Waals surface area contributed by atoms with Gasteiger partial charge in [-0.25, -0.2) is 4.98 Å². The van der Waals surface area contributed by atoms with Crippen LogP contribution in [0.2, 0.25) is 0 Å². The maximum Gasteiger partial charge on any atom is 0.166 e. The fourth-order valence-electron chi connectivity index (χ4n) is 2.36. The van der Waals surface area contributed by atoms with E-state index in [1.54, 1.807) is 0 Å². The smallest absolute Gasteiger partial charge is 0.166 e. The molecule has 0 aromatic carbocycles. The summed E-state index contributed by atoms with van der Waals surface area (Å²) >= 11 is 1.96. The summed E-state index contributed by atoms with van der Waals surface area (Å²) in [7, 11) is 0. The summed E-state index contributed by atoms with van der Waals surface area (Å²) in [6.07, 6.45) is 6.49. The van der Waals surface area contributed by atoms with Gasteiger partial charge < -0.3 is 0 Å². The third-order valence-electron chi connectivity index (χ3n) is 3.20. The Hall–Kier alpha value is -1.29. The van der Waals surface area contributed by atoms with Crippen molar-refractivity contribution < 1.29 is 4.79 Å². The second kappa shape index (κ2) is 4.53. The monoisotopic (exact) mass is 246 g/mol. The van der Waals surface area contributed by atoms with Crippen LogP contribution in [0.25, 0.3) is 5.52 Å². The van der Waals surface area contributed by atoms with Crippen LogP contribution in [0.15, 0.2) is 24.4 Å². The Bertz CT molecular complexity index is 543. The average Bonchev–Trinajstić information content (AvgIpc) is 2.83. The molecule has 1 fully saturated rings. The first-order valence-electron chi connectivity index (χ1n) is 5.93. The normalized spacial score (nSPS) is 20.6. The number of hydrogen-bond donors (Lipinski definition) is 0. The quantitative estimate of drug-likeness (QED) is 0.764. The van der Waals surface area contributed by atoms with Gasteiger partial charge in [-0.1, -0.05) is 12.5 Å². The van der Waals surface area contributed by atoms with Crippen molar-refractivity contribution in [2.24, 2.45) is 0 Å². The predicted molar refractivity (Wildman–Crippen MR) is 69.6 cm³/mol. The summed E-state index contributed by atoms with van der Waals surface area (Å²) in [5.41, 5.74) is 1.71. The van der Waals surface area contributed by atoms with Crippen molar-refractivity contribution >= 4 is 23.6 Å². The van der Waals surface area contributed by atoms with Crippen LogP contribution in [-0.4, -0.2) is 21.4 Å². The van der Waals surface area contributed by atoms with Gasteiger partial charge in [0.15, 0.2) is 6.29 Å². The summed E-state index contributed by atoms with van der Waals surface area (Å²) in [5, 5.41) is 0.437. The Balaban J connectivity index is 2.12. The van der Waals surface area contributed by atoms with E-state index in [4.69, 9.17) is 0 Å². The first-order chi connectivity index (χ1) is 8.40. The molecule has 1 aliphatic rings. The standard InChI is InChI=1S/C13H14N2OS/c16-9-11-5-3-4-10-8-14-13(15(10)11)12-6-1-2-7-17-12/h3-5,8-9,12H,1-2,6-7H2. The van der Waals surface area contributed by atoms with Gasteiger partial charge in [0.25, 0.3) is 0 Å². The van der Waals surface area contributed by atoms with Gasteiger partial charge in [-0.2, -0.15) is 11.8 Å². The van der Waals surface area contributed by atoms with Crippen LogP contribution < -0.4 is 0 Å². The van der Waals surface area contributed by atoms with Crippen LogP contribution in [0.1, 0.15) is 40.8 Å². The molecule has 1 atom stereocenters. The number of thioether (sulfide) groups is 1. The number of rotatable bonds is 2. The number of nitrogens with zero attached hydrogens (tertiary/aromatic N) is 2. The van der Waals surface area contributed by atoms with Crippen LogP contribution in [0.5, 0.6) is 0 Å². The molecular weight excluding hydrogens is 232 g/mol. The van der Waals surface area contributed by atoms with Crippen LogP contribution in [0.4, 0.5) is 0 Å². The number of aldehydes is 1. The lowest BCUT2D eigenvalue weighted by atomic mass is 10.2. The van der Waals surface area contributed by atoms with Crippen LogP contribution in [0, 0.1) is 0 Å². The lowest BCUT2D eigenvalue weighted by molar-refractivity contribution is 0.111. The highest BCUT2D eigenvalue weighted by Gasteiger charge is 2.21. The highest BCUT2D eigenvalue weighted by Crippen LogP contribution is 2.37. The van der Waals surface area contributed by atoms with Crippen molar-refractivity contribution in [1.82, 2.24) is 9.38 Å². The van der Waals surface area contributed by atoms with E-state index >= 15 is 0 Å². The number of fused-ring (bicyclic) bond motifs is 1. The number of carbonyl (C=O) groups excluding carboxylic acids is 1. The molecule has 2 aromatic heterocycles. The molecule has 1 aliphatic heterocycles. The number of carbonyl (C=O) groups is 1. The molecule has 0 amide bonds. The largest absolute Gasteiger partial charge is 0.296 e. The second-order valence-electron chi connectivity index (χ2n) is 4.30. The molecule has 0 bridgehead atoms. The van der Waals surface area contributed by atoms with Crippen molar-refractivity contribution in [3.05, 3.63) is 35.9 Å². The molecule has 0 N–H and O–H groups in total. The summed E-state index contributed by atoms with van der Waals surface area (Å²) in [6.45, 7) is 0. The summed E-state index contributed by atoms with van der Waals surface area (Å²) in [4.78, 5) is 15.6. The maximum absolute atomic E-state index is 11.1. The van der Waals surface area contributed by atoms with E-state index in [0.717, 1.165) is 24.0 Å². The Morgan fingerprint density at radius 2 is 2.35 bits per heavy atom. The van der Waals surface area contributed by atoms with Crippen molar-refractivity contribution in [2.75, 3.05) is 5.75 Å². The van der Waals surface area contributed by atoms with E-state index < -0.39 is 0 Å². The first-order valence-corrected chi connectivity index (χ1v) is 6.98. The molecule has 0 saturated carbocycles. The molecule has 3 heterocycles. The molecule has 3 nitrogen and oxygen atoms in total. The van der Waals surface area contributed by atoms with E-state index in [0.29, 0.717) is 10.9 Å². The third-order valence-corrected chi connectivity index (χ3v) is 4.57. The minimum atomic E-state index is 0.437. The zero-order valence-corrected chi connectivity index (χ0v) is 10.3. The van der Waals surface area contributed by atoms with E-state index in [1.807, 2.05) is 40.6 Å². The molecule has 1 unspecified atom stereocenters. The number of aromatic nitrogens is 2. The van der Waals surface area contributed by atoms with Gasteiger partial charge in [0.05, 0.1) is 22.7 Å². The summed E-state index contributed by atoms with van der Waals surface area (Å²) in [6, 6.07) is 5.74. The Labute approximate surface area is 104 Å². The van der Waals surface area contributed by atoms with Crippen molar-refractivity contribution in [3.8, 4) is 0 Å². The molecule has 0 aliphatic carbocycles. The molecular formula is C13H14N2OS. The lowest BCUT2D eigenvalue weighted by Gasteiger charge is -2.20. The SMILES string of the molecule is O=Cc1cccc2cnc(C3CCCCS3)n12. The molecule has 4 heteroatoms. The lowest BCUT2D eigenvalue weighted by Crippen LogP contribution is -2.08. The number of imidazole rings is 1. The predicted octanol–water partition coefficient (Wildman–Crippen LogP) is 3.11. The minimum Gasteiger partial charge on any atom is -0.296 e. The van der Waals surface area contributed by atoms with E-state index in [-0.39, 0.29) is 0 Å². The molecule has 1 saturated heterocycles. The van der Waals surface area contributed by atoms with Gasteiger partial charge in [-0.05, 0) is 30.7 Å². The fraction of sp³-hybridized carbons (Fsp3) is 0.385. The Morgan fingerprint density at radius 3 is 3.12 bits per heavy atom. The zero-order valence-electron chi connectivity index (χ0n) is 9.50. The highest BCUT2D eigenvalue weighted by atomic mass is 32.2. The van der Waals surface area contributed by atoms with Crippen molar-refractivity contribution in [1.29, 1.82) is 0 Å². The second-order valence-corrected chi connectivity index (χ2v) is 5.61. The van der Waals surface area contributed by atoms with Crippen molar-refractivity contribution in [3.63, 3.8) is 0 Å². The molecule has 2 aromatic rings. The summed E-state index contributed by atoms with van der Waals surface area (Å²) in [5.74, 6) is 2.23. The minimum absolute atomic E-state index is 0.437. The Kier molecular flexibility index (Phi) is 2.89. The Morgan fingerprint density at radius 1 is 1.41 bits per heavy atom. The van der Waals surface area contributed by atoms with Gasteiger partial charge in [0, 0.05) is 0 Å². The number of pyridine rings is 1. The van der Waals surface area contributed by atoms with Crippen molar-refractivity contribution in [2.45, 2.75) is 24.5 Å². The average molecular weight is 246 g/mol. The maximum atomic E-state index is 11.1. The molecule has 3 rings (SSSR count). The zero-order chi connectivity index (χ0) is 11.7. The van der Waals surface area contributed by atoms with Crippen LogP contribution in [0.3, 0.4) is 0 Å².